The molecule has 0 fully saturated rings. The summed E-state index contributed by atoms with van der Waals surface area (Å²) < 4.78 is 20.8. The topological polar surface area (TPSA) is 125 Å². The van der Waals surface area contributed by atoms with Crippen molar-refractivity contribution in [1.29, 1.82) is 0 Å². The fourth-order valence-electron chi connectivity index (χ4n) is 2.66. The maximum absolute atomic E-state index is 12.4. The first kappa shape index (κ1) is 24.8. The van der Waals surface area contributed by atoms with Gasteiger partial charge in [0.25, 0.3) is 5.91 Å². The van der Waals surface area contributed by atoms with Gasteiger partial charge in [-0.05, 0) is 20.3 Å². The lowest BCUT2D eigenvalue weighted by molar-refractivity contribution is 0.0266. The molecule has 0 radical (unpaired) electrons. The Bertz CT molecular complexity index is 822. The smallest absolute Gasteiger partial charge is 0.426 e. The van der Waals surface area contributed by atoms with E-state index < -0.39 is 12.0 Å². The van der Waals surface area contributed by atoms with Crippen molar-refractivity contribution in [3.8, 4) is 11.3 Å². The van der Waals surface area contributed by atoms with Crippen LogP contribution >= 0.6 is 11.3 Å². The standard InChI is InChI=1S/C20H30N4O6S/c1-4-5-6-7-8-27-9-10-28-11-12-29-20(26)23-22-19(25)18-17(14(2)30-24-18)16-13-31-15(3)21-16/h13H,4-12H2,1-3H3,(H,22,25)(H,23,26). The van der Waals surface area contributed by atoms with Crippen molar-refractivity contribution in [3.05, 3.63) is 21.8 Å². The Morgan fingerprint density at radius 2 is 1.77 bits per heavy atom. The Morgan fingerprint density at radius 1 is 1.03 bits per heavy atom. The van der Waals surface area contributed by atoms with E-state index in [0.29, 0.717) is 30.2 Å². The van der Waals surface area contributed by atoms with Gasteiger partial charge < -0.3 is 18.7 Å². The van der Waals surface area contributed by atoms with Gasteiger partial charge in [0, 0.05) is 12.0 Å². The highest BCUT2D eigenvalue weighted by Crippen LogP contribution is 2.28. The van der Waals surface area contributed by atoms with E-state index in [1.54, 1.807) is 6.92 Å². The molecule has 0 aliphatic rings. The number of carbonyl (C=O) groups is 2. The van der Waals surface area contributed by atoms with Gasteiger partial charge in [-0.1, -0.05) is 31.3 Å². The summed E-state index contributed by atoms with van der Waals surface area (Å²) in [4.78, 5) is 28.4. The SMILES string of the molecule is CCCCCCOCCOCCOC(=O)NNC(=O)c1noc(C)c1-c1csc(C)n1. The molecule has 0 saturated heterocycles. The van der Waals surface area contributed by atoms with E-state index in [1.165, 1.54) is 30.6 Å². The number of aromatic nitrogens is 2. The first-order valence-corrected chi connectivity index (χ1v) is 11.2. The quantitative estimate of drug-likeness (QED) is 0.348. The molecule has 31 heavy (non-hydrogen) atoms. The van der Waals surface area contributed by atoms with Crippen LogP contribution in [0.1, 0.15) is 53.9 Å². The van der Waals surface area contributed by atoms with Gasteiger partial charge >= 0.3 is 6.09 Å². The molecule has 2 aromatic rings. The number of hydrogen-bond donors (Lipinski definition) is 2. The second-order valence-electron chi connectivity index (χ2n) is 6.71. The second kappa shape index (κ2) is 13.7. The minimum atomic E-state index is -0.810. The highest BCUT2D eigenvalue weighted by Gasteiger charge is 2.23. The lowest BCUT2D eigenvalue weighted by atomic mass is 10.1. The molecular formula is C20H30N4O6S. The zero-order valence-corrected chi connectivity index (χ0v) is 19.0. The Morgan fingerprint density at radius 3 is 2.48 bits per heavy atom. The van der Waals surface area contributed by atoms with Gasteiger partial charge in [-0.25, -0.2) is 15.2 Å². The molecule has 10 nitrogen and oxygen atoms in total. The summed E-state index contributed by atoms with van der Waals surface area (Å²) in [5, 5.41) is 6.43. The Labute approximate surface area is 185 Å². The van der Waals surface area contributed by atoms with Crippen LogP contribution in [0.4, 0.5) is 4.79 Å². The summed E-state index contributed by atoms with van der Waals surface area (Å²) >= 11 is 1.45. The first-order valence-electron chi connectivity index (χ1n) is 10.3. The highest BCUT2D eigenvalue weighted by atomic mass is 32.1. The zero-order chi connectivity index (χ0) is 22.5. The molecule has 0 aliphatic carbocycles. The summed E-state index contributed by atoms with van der Waals surface area (Å²) in [5.74, 6) is -0.179. The van der Waals surface area contributed by atoms with E-state index in [4.69, 9.17) is 18.7 Å². The van der Waals surface area contributed by atoms with Crippen molar-refractivity contribution in [3.63, 3.8) is 0 Å². The van der Waals surface area contributed by atoms with E-state index in [9.17, 15) is 9.59 Å². The third-order valence-corrected chi connectivity index (χ3v) is 4.98. The van der Waals surface area contributed by atoms with Crippen molar-refractivity contribution in [2.45, 2.75) is 46.5 Å². The Balaban J connectivity index is 1.59. The van der Waals surface area contributed by atoms with E-state index in [1.807, 2.05) is 12.3 Å². The van der Waals surface area contributed by atoms with Gasteiger partial charge in [0.1, 0.15) is 12.4 Å². The van der Waals surface area contributed by atoms with E-state index >= 15 is 0 Å². The molecule has 2 aromatic heterocycles. The molecule has 0 aliphatic heterocycles. The predicted octanol–water partition coefficient (Wildman–Crippen LogP) is 3.40. The molecule has 2 rings (SSSR count). The number of rotatable bonds is 13. The second-order valence-corrected chi connectivity index (χ2v) is 7.78. The number of amides is 2. The van der Waals surface area contributed by atoms with Crippen LogP contribution in [0.25, 0.3) is 11.3 Å². The first-order chi connectivity index (χ1) is 15.0. The minimum Gasteiger partial charge on any atom is -0.446 e. The molecule has 0 atom stereocenters. The number of aryl methyl sites for hydroxylation is 2. The van der Waals surface area contributed by atoms with E-state index in [0.717, 1.165) is 18.0 Å². The number of hydrogen-bond acceptors (Lipinski definition) is 9. The summed E-state index contributed by atoms with van der Waals surface area (Å²) in [6, 6.07) is 0. The zero-order valence-electron chi connectivity index (χ0n) is 18.2. The van der Waals surface area contributed by atoms with Crippen molar-refractivity contribution in [2.24, 2.45) is 0 Å². The number of unbranched alkanes of at least 4 members (excludes halogenated alkanes) is 3. The van der Waals surface area contributed by atoms with Gasteiger partial charge in [0.2, 0.25) is 0 Å². The maximum Gasteiger partial charge on any atom is 0.426 e. The summed E-state index contributed by atoms with van der Waals surface area (Å²) in [5.41, 5.74) is 5.52. The van der Waals surface area contributed by atoms with Crippen LogP contribution in [0.2, 0.25) is 0 Å². The molecule has 0 unspecified atom stereocenters. The van der Waals surface area contributed by atoms with Crippen molar-refractivity contribution in [1.82, 2.24) is 21.0 Å². The van der Waals surface area contributed by atoms with Gasteiger partial charge in [-0.15, -0.1) is 11.3 Å². The molecule has 2 heterocycles. The Hall–Kier alpha value is -2.50. The van der Waals surface area contributed by atoms with Gasteiger partial charge in [-0.3, -0.25) is 10.2 Å². The number of nitrogens with one attached hydrogen (secondary N) is 2. The fourth-order valence-corrected chi connectivity index (χ4v) is 3.26. The number of nitrogens with zero attached hydrogens (tertiary/aromatic N) is 2. The average molecular weight is 455 g/mol. The number of ether oxygens (including phenoxy) is 3. The molecule has 0 bridgehead atoms. The normalized spacial score (nSPS) is 10.8. The van der Waals surface area contributed by atoms with Gasteiger partial charge in [0.05, 0.1) is 36.1 Å². The van der Waals surface area contributed by atoms with Crippen molar-refractivity contribution >= 4 is 23.3 Å². The maximum atomic E-state index is 12.4. The average Bonchev–Trinajstić information content (AvgIpc) is 3.35. The van der Waals surface area contributed by atoms with Gasteiger partial charge in [-0.2, -0.15) is 0 Å². The third kappa shape index (κ3) is 8.64. The molecule has 2 N–H and O–H groups in total. The van der Waals surface area contributed by atoms with Crippen molar-refractivity contribution in [2.75, 3.05) is 33.0 Å². The lowest BCUT2D eigenvalue weighted by Crippen LogP contribution is -2.42. The monoisotopic (exact) mass is 454 g/mol. The number of carbonyl (C=O) groups excluding carboxylic acids is 2. The molecule has 172 valence electrons. The molecule has 2 amide bonds. The van der Waals surface area contributed by atoms with E-state index in [2.05, 4.69) is 27.9 Å². The lowest BCUT2D eigenvalue weighted by Gasteiger charge is -2.08. The van der Waals surface area contributed by atoms with E-state index in [-0.39, 0.29) is 18.9 Å². The summed E-state index contributed by atoms with van der Waals surface area (Å²) in [6.07, 6.45) is 3.86. The summed E-state index contributed by atoms with van der Waals surface area (Å²) in [6.45, 7) is 7.67. The number of thiazole rings is 1. The fraction of sp³-hybridized carbons (Fsp3) is 0.600. The van der Waals surface area contributed by atoms with Crippen LogP contribution in [0.5, 0.6) is 0 Å². The molecule has 11 heteroatoms. The molecule has 0 spiro atoms. The number of hydrazine groups is 1. The van der Waals surface area contributed by atoms with Crippen LogP contribution < -0.4 is 10.9 Å². The van der Waals surface area contributed by atoms with Crippen LogP contribution in [-0.4, -0.2) is 55.2 Å². The van der Waals surface area contributed by atoms with Crippen LogP contribution in [0.15, 0.2) is 9.90 Å². The van der Waals surface area contributed by atoms with Crippen LogP contribution in [-0.2, 0) is 14.2 Å². The van der Waals surface area contributed by atoms with Crippen molar-refractivity contribution < 1.29 is 28.3 Å². The van der Waals surface area contributed by atoms with Gasteiger partial charge in [0.15, 0.2) is 5.69 Å². The van der Waals surface area contributed by atoms with Crippen LogP contribution in [0.3, 0.4) is 0 Å². The largest absolute Gasteiger partial charge is 0.446 e. The molecule has 0 aromatic carbocycles. The van der Waals surface area contributed by atoms with Crippen LogP contribution in [0, 0.1) is 13.8 Å². The minimum absolute atomic E-state index is 0.0288. The Kier molecular flexibility index (Phi) is 11.0. The third-order valence-electron chi connectivity index (χ3n) is 4.21. The predicted molar refractivity (Wildman–Crippen MR) is 115 cm³/mol. The molecule has 0 saturated carbocycles. The molecular weight excluding hydrogens is 424 g/mol. The summed E-state index contributed by atoms with van der Waals surface area (Å²) in [7, 11) is 0. The highest BCUT2D eigenvalue weighted by molar-refractivity contribution is 7.09.